The topological polar surface area (TPSA) is 81.5 Å². The van der Waals surface area contributed by atoms with Gasteiger partial charge in [0.05, 0.1) is 44.4 Å². The zero-order valence-corrected chi connectivity index (χ0v) is 19.4. The van der Waals surface area contributed by atoms with Crippen LogP contribution in [-0.4, -0.2) is 69.3 Å². The average molecular weight is 465 g/mol. The van der Waals surface area contributed by atoms with E-state index in [1.807, 2.05) is 12.1 Å². The third-order valence-electron chi connectivity index (χ3n) is 6.57. The predicted octanol–water partition coefficient (Wildman–Crippen LogP) is 3.08. The maximum absolute atomic E-state index is 13.6. The lowest BCUT2D eigenvalue weighted by atomic mass is 9.98. The van der Waals surface area contributed by atoms with E-state index < -0.39 is 6.04 Å². The molecule has 0 saturated carbocycles. The molecule has 3 heterocycles. The van der Waals surface area contributed by atoms with Crippen LogP contribution in [0, 0.1) is 0 Å². The molecule has 0 bridgehead atoms. The molecule has 178 valence electrons. The Bertz CT molecular complexity index is 1260. The Kier molecular flexibility index (Phi) is 6.26. The molecule has 1 unspecified atom stereocenters. The van der Waals surface area contributed by atoms with E-state index in [-0.39, 0.29) is 17.1 Å². The Balaban J connectivity index is 1.55. The molecule has 3 aromatic rings. The van der Waals surface area contributed by atoms with E-state index in [0.717, 1.165) is 44.8 Å². The molecule has 0 N–H and O–H groups in total. The summed E-state index contributed by atoms with van der Waals surface area (Å²) in [4.78, 5) is 31.2. The lowest BCUT2D eigenvalue weighted by molar-refractivity contribution is 0.0353. The summed E-state index contributed by atoms with van der Waals surface area (Å²) < 4.78 is 22.3. The number of carbonyl (C=O) groups is 1. The van der Waals surface area contributed by atoms with Crippen molar-refractivity contribution in [2.45, 2.75) is 12.5 Å². The number of ether oxygens (including phenoxy) is 3. The number of benzene rings is 2. The maximum atomic E-state index is 13.6. The Morgan fingerprint density at radius 3 is 2.50 bits per heavy atom. The summed E-state index contributed by atoms with van der Waals surface area (Å²) >= 11 is 0. The number of carbonyl (C=O) groups excluding carboxylic acids is 1. The Labute approximate surface area is 197 Å². The fourth-order valence-electron chi connectivity index (χ4n) is 4.86. The quantitative estimate of drug-likeness (QED) is 0.532. The van der Waals surface area contributed by atoms with Gasteiger partial charge in [-0.2, -0.15) is 0 Å². The molecule has 8 nitrogen and oxygen atoms in total. The van der Waals surface area contributed by atoms with Crippen molar-refractivity contribution < 1.29 is 23.4 Å². The van der Waals surface area contributed by atoms with E-state index in [1.165, 1.54) is 0 Å². The first-order valence-corrected chi connectivity index (χ1v) is 11.5. The highest BCUT2D eigenvalue weighted by molar-refractivity contribution is 5.99. The third kappa shape index (κ3) is 3.93. The Hall–Kier alpha value is -3.36. The number of methoxy groups -OCH3 is 2. The van der Waals surface area contributed by atoms with Gasteiger partial charge in [-0.25, -0.2) is 0 Å². The van der Waals surface area contributed by atoms with Crippen LogP contribution < -0.4 is 14.9 Å². The van der Waals surface area contributed by atoms with Crippen molar-refractivity contribution in [1.29, 1.82) is 0 Å². The predicted molar refractivity (Wildman–Crippen MR) is 127 cm³/mol. The number of hydrogen-bond acceptors (Lipinski definition) is 7. The lowest BCUT2D eigenvalue weighted by Gasteiger charge is -2.29. The van der Waals surface area contributed by atoms with Crippen molar-refractivity contribution >= 4 is 16.9 Å². The van der Waals surface area contributed by atoms with E-state index in [4.69, 9.17) is 18.6 Å². The highest BCUT2D eigenvalue weighted by Crippen LogP contribution is 2.40. The van der Waals surface area contributed by atoms with Gasteiger partial charge in [0.25, 0.3) is 5.91 Å². The fraction of sp³-hybridized carbons (Fsp3) is 0.385. The molecular formula is C26H28N2O6. The number of amides is 1. The standard InChI is InChI=1S/C26H28N2O6/c1-31-20-9-8-17(16-21(20)32-2)23-22-24(29)18-6-3-4-7-19(18)34-25(22)26(30)28(23)11-5-10-27-12-14-33-15-13-27/h3-4,6-9,16,23H,5,10-15H2,1-2H3. The number of hydrogen-bond donors (Lipinski definition) is 0. The van der Waals surface area contributed by atoms with Crippen molar-refractivity contribution in [3.8, 4) is 11.5 Å². The second-order valence-corrected chi connectivity index (χ2v) is 8.49. The number of para-hydroxylation sites is 1. The first-order valence-electron chi connectivity index (χ1n) is 11.5. The van der Waals surface area contributed by atoms with Gasteiger partial charge in [0.15, 0.2) is 16.9 Å². The summed E-state index contributed by atoms with van der Waals surface area (Å²) in [6.45, 7) is 4.58. The molecular weight excluding hydrogens is 436 g/mol. The summed E-state index contributed by atoms with van der Waals surface area (Å²) in [5, 5.41) is 0.467. The number of nitrogens with zero attached hydrogens (tertiary/aromatic N) is 2. The minimum atomic E-state index is -0.562. The van der Waals surface area contributed by atoms with Gasteiger partial charge < -0.3 is 23.5 Å². The molecule has 1 saturated heterocycles. The van der Waals surface area contributed by atoms with Crippen LogP contribution in [0.25, 0.3) is 11.0 Å². The van der Waals surface area contributed by atoms with Crippen molar-refractivity contribution in [3.63, 3.8) is 0 Å². The number of fused-ring (bicyclic) bond motifs is 2. The van der Waals surface area contributed by atoms with Gasteiger partial charge >= 0.3 is 0 Å². The van der Waals surface area contributed by atoms with Crippen molar-refractivity contribution in [2.75, 3.05) is 53.6 Å². The van der Waals surface area contributed by atoms with Gasteiger partial charge in [-0.3, -0.25) is 14.5 Å². The smallest absolute Gasteiger partial charge is 0.290 e. The maximum Gasteiger partial charge on any atom is 0.290 e. The van der Waals surface area contributed by atoms with E-state index in [9.17, 15) is 9.59 Å². The lowest BCUT2D eigenvalue weighted by Crippen LogP contribution is -2.38. The van der Waals surface area contributed by atoms with Gasteiger partial charge in [0.2, 0.25) is 5.76 Å². The molecule has 1 atom stereocenters. The molecule has 2 aliphatic heterocycles. The summed E-state index contributed by atoms with van der Waals surface area (Å²) in [6, 6.07) is 12.0. The molecule has 2 aliphatic rings. The van der Waals surface area contributed by atoms with Crippen LogP contribution >= 0.6 is 0 Å². The zero-order valence-electron chi connectivity index (χ0n) is 19.4. The second-order valence-electron chi connectivity index (χ2n) is 8.49. The highest BCUT2D eigenvalue weighted by atomic mass is 16.5. The summed E-state index contributed by atoms with van der Waals surface area (Å²) in [5.74, 6) is 0.981. The number of morpholine rings is 1. The van der Waals surface area contributed by atoms with Crippen LogP contribution in [0.5, 0.6) is 11.5 Å². The third-order valence-corrected chi connectivity index (χ3v) is 6.57. The van der Waals surface area contributed by atoms with Gasteiger partial charge in [0.1, 0.15) is 5.58 Å². The molecule has 8 heteroatoms. The molecule has 0 radical (unpaired) electrons. The first kappa shape index (κ1) is 22.4. The molecule has 1 aromatic heterocycles. The van der Waals surface area contributed by atoms with Gasteiger partial charge in [-0.1, -0.05) is 18.2 Å². The monoisotopic (exact) mass is 464 g/mol. The first-order chi connectivity index (χ1) is 16.6. The summed E-state index contributed by atoms with van der Waals surface area (Å²) in [5.41, 5.74) is 1.39. The van der Waals surface area contributed by atoms with E-state index in [0.29, 0.717) is 34.6 Å². The van der Waals surface area contributed by atoms with E-state index in [2.05, 4.69) is 4.90 Å². The molecule has 5 rings (SSSR count). The van der Waals surface area contributed by atoms with E-state index >= 15 is 0 Å². The van der Waals surface area contributed by atoms with Crippen LogP contribution in [0.2, 0.25) is 0 Å². The van der Waals surface area contributed by atoms with Crippen molar-refractivity contribution in [3.05, 3.63) is 69.6 Å². The molecule has 1 amide bonds. The van der Waals surface area contributed by atoms with Crippen LogP contribution in [0.15, 0.2) is 51.7 Å². The van der Waals surface area contributed by atoms with Crippen LogP contribution in [0.3, 0.4) is 0 Å². The number of rotatable bonds is 7. The fourth-order valence-corrected chi connectivity index (χ4v) is 4.86. The Morgan fingerprint density at radius 2 is 1.74 bits per heavy atom. The largest absolute Gasteiger partial charge is 0.493 e. The van der Waals surface area contributed by atoms with Crippen LogP contribution in [0.4, 0.5) is 0 Å². The molecule has 0 aliphatic carbocycles. The van der Waals surface area contributed by atoms with Gasteiger partial charge in [-0.05, 0) is 36.2 Å². The van der Waals surface area contributed by atoms with Gasteiger partial charge in [0, 0.05) is 26.2 Å². The second kappa shape index (κ2) is 9.48. The summed E-state index contributed by atoms with van der Waals surface area (Å²) in [6.07, 6.45) is 0.775. The van der Waals surface area contributed by atoms with Crippen molar-refractivity contribution in [1.82, 2.24) is 9.80 Å². The van der Waals surface area contributed by atoms with Crippen LogP contribution in [-0.2, 0) is 4.74 Å². The highest BCUT2D eigenvalue weighted by Gasteiger charge is 2.42. The molecule has 34 heavy (non-hydrogen) atoms. The Morgan fingerprint density at radius 1 is 0.971 bits per heavy atom. The van der Waals surface area contributed by atoms with E-state index in [1.54, 1.807) is 49.5 Å². The van der Waals surface area contributed by atoms with Gasteiger partial charge in [-0.15, -0.1) is 0 Å². The minimum Gasteiger partial charge on any atom is -0.493 e. The molecule has 2 aromatic carbocycles. The SMILES string of the molecule is COc1ccc(C2c3c(oc4ccccc4c3=O)C(=O)N2CCCN2CCOCC2)cc1OC. The molecule has 0 spiro atoms. The normalized spacial score (nSPS) is 18.4. The summed E-state index contributed by atoms with van der Waals surface area (Å²) in [7, 11) is 3.14. The zero-order chi connectivity index (χ0) is 23.7. The van der Waals surface area contributed by atoms with Crippen LogP contribution in [0.1, 0.15) is 34.1 Å². The van der Waals surface area contributed by atoms with Crippen molar-refractivity contribution in [2.24, 2.45) is 0 Å². The minimum absolute atomic E-state index is 0.120. The average Bonchev–Trinajstić information content (AvgIpc) is 3.16. The molecule has 1 fully saturated rings.